The van der Waals surface area contributed by atoms with Crippen molar-refractivity contribution in [3.8, 4) is 0 Å². The molecule has 2 N–H and O–H groups in total. The summed E-state index contributed by atoms with van der Waals surface area (Å²) < 4.78 is 10.9. The third-order valence-electron chi connectivity index (χ3n) is 2.33. The number of hydrogen-bond acceptors (Lipinski definition) is 4. The zero-order valence-electron chi connectivity index (χ0n) is 11.0. The van der Waals surface area contributed by atoms with E-state index in [4.69, 9.17) is 5.11 Å². The van der Waals surface area contributed by atoms with Crippen LogP contribution in [0.4, 0.5) is 0 Å². The number of nitrogens with one attached hydrogen (secondary N) is 1. The lowest BCUT2D eigenvalue weighted by molar-refractivity contribution is -0.131. The summed E-state index contributed by atoms with van der Waals surface area (Å²) in [5.74, 6) is -0.808. The van der Waals surface area contributed by atoms with Gasteiger partial charge in [0.1, 0.15) is 0 Å². The number of nitrogens with zero attached hydrogens (tertiary/aromatic N) is 1. The third-order valence-corrected chi connectivity index (χ3v) is 3.20. The Morgan fingerprint density at radius 3 is 2.85 bits per heavy atom. The molecule has 1 atom stereocenters. The number of amides is 1. The number of carboxylic acids is 1. The first kappa shape index (κ1) is 16.0. The molecule has 0 aliphatic heterocycles. The maximum Gasteiger partial charge on any atom is 0.328 e. The van der Waals surface area contributed by atoms with Crippen molar-refractivity contribution >= 4 is 28.8 Å². The summed E-state index contributed by atoms with van der Waals surface area (Å²) in [5, 5.41) is 11.2. The van der Waals surface area contributed by atoms with Crippen LogP contribution in [0.2, 0.25) is 0 Å². The average Bonchev–Trinajstić information content (AvgIpc) is 2.41. The molecule has 1 amide bonds. The molecule has 1 aromatic rings. The van der Waals surface area contributed by atoms with Crippen molar-refractivity contribution in [2.45, 2.75) is 6.42 Å². The van der Waals surface area contributed by atoms with Gasteiger partial charge in [0.05, 0.1) is 5.56 Å². The topological polar surface area (TPSA) is 96.4 Å². The predicted octanol–water partition coefficient (Wildman–Crippen LogP) is 0.678. The summed E-state index contributed by atoms with van der Waals surface area (Å²) in [6, 6.07) is 1.56. The number of carbonyl (C=O) groups excluding carboxylic acids is 1. The Bertz CT molecular complexity index is 543. The second-order valence-electron chi connectivity index (χ2n) is 4.07. The fraction of sp³-hybridized carbons (Fsp3) is 0.308. The summed E-state index contributed by atoms with van der Waals surface area (Å²) in [7, 11) is -0.864. The van der Waals surface area contributed by atoms with E-state index in [-0.39, 0.29) is 5.91 Å². The predicted molar refractivity (Wildman–Crippen MR) is 76.8 cm³/mol. The number of aliphatic carboxylic acids is 1. The van der Waals surface area contributed by atoms with Crippen molar-refractivity contribution in [1.29, 1.82) is 0 Å². The highest BCUT2D eigenvalue weighted by Gasteiger charge is 2.05. The molecule has 0 spiro atoms. The average molecular weight is 296 g/mol. The standard InChI is InChI=1S/C13H16N2O4S/c1-20(19)6-2-5-15-13(18)11-7-10(8-14-9-11)3-4-12(16)17/h3-4,7-9H,2,5-6H2,1H3,(H,15,18)(H,16,17)/b4-3+. The van der Waals surface area contributed by atoms with Gasteiger partial charge in [0, 0.05) is 47.8 Å². The molecule has 7 heteroatoms. The molecule has 108 valence electrons. The maximum absolute atomic E-state index is 11.8. The first-order chi connectivity index (χ1) is 9.49. The van der Waals surface area contributed by atoms with E-state index in [0.29, 0.717) is 29.8 Å². The van der Waals surface area contributed by atoms with Crippen molar-refractivity contribution in [1.82, 2.24) is 10.3 Å². The zero-order valence-corrected chi connectivity index (χ0v) is 11.9. The Morgan fingerprint density at radius 1 is 1.45 bits per heavy atom. The van der Waals surface area contributed by atoms with Gasteiger partial charge in [-0.3, -0.25) is 14.0 Å². The molecular weight excluding hydrogens is 280 g/mol. The van der Waals surface area contributed by atoms with Crippen molar-refractivity contribution in [3.05, 3.63) is 35.7 Å². The van der Waals surface area contributed by atoms with Crippen LogP contribution >= 0.6 is 0 Å². The van der Waals surface area contributed by atoms with E-state index in [1.807, 2.05) is 0 Å². The van der Waals surface area contributed by atoms with Crippen molar-refractivity contribution in [2.24, 2.45) is 0 Å². The lowest BCUT2D eigenvalue weighted by atomic mass is 10.2. The van der Waals surface area contributed by atoms with E-state index in [1.54, 1.807) is 12.3 Å². The quantitative estimate of drug-likeness (QED) is 0.569. The van der Waals surface area contributed by atoms with Gasteiger partial charge in [-0.15, -0.1) is 0 Å². The molecule has 0 fully saturated rings. The molecule has 1 heterocycles. The lowest BCUT2D eigenvalue weighted by Crippen LogP contribution is -2.25. The van der Waals surface area contributed by atoms with E-state index in [0.717, 1.165) is 6.08 Å². The highest BCUT2D eigenvalue weighted by molar-refractivity contribution is 7.84. The van der Waals surface area contributed by atoms with Crippen LogP contribution in [0, 0.1) is 0 Å². The van der Waals surface area contributed by atoms with Crippen LogP contribution in [0.1, 0.15) is 22.3 Å². The summed E-state index contributed by atoms with van der Waals surface area (Å²) in [5.41, 5.74) is 0.893. The maximum atomic E-state index is 11.8. The van der Waals surface area contributed by atoms with Crippen molar-refractivity contribution in [3.63, 3.8) is 0 Å². The van der Waals surface area contributed by atoms with Gasteiger partial charge in [0.25, 0.3) is 5.91 Å². The van der Waals surface area contributed by atoms with E-state index in [1.165, 1.54) is 18.5 Å². The Hall–Kier alpha value is -2.02. The molecule has 0 aliphatic rings. The summed E-state index contributed by atoms with van der Waals surface area (Å²) >= 11 is 0. The Kier molecular flexibility index (Phi) is 6.58. The van der Waals surface area contributed by atoms with E-state index in [2.05, 4.69) is 10.3 Å². The number of rotatable bonds is 7. The largest absolute Gasteiger partial charge is 0.478 e. The fourth-order valence-corrected chi connectivity index (χ4v) is 1.97. The molecule has 1 aromatic heterocycles. The third kappa shape index (κ3) is 6.24. The molecule has 1 unspecified atom stereocenters. The van der Waals surface area contributed by atoms with Crippen LogP contribution in [0.25, 0.3) is 6.08 Å². The van der Waals surface area contributed by atoms with Gasteiger partial charge in [-0.1, -0.05) is 0 Å². The van der Waals surface area contributed by atoms with Crippen molar-refractivity contribution in [2.75, 3.05) is 18.6 Å². The number of carbonyl (C=O) groups is 2. The first-order valence-corrected chi connectivity index (χ1v) is 7.66. The minimum absolute atomic E-state index is 0.287. The van der Waals surface area contributed by atoms with Crippen LogP contribution in [0.15, 0.2) is 24.5 Å². The van der Waals surface area contributed by atoms with Crippen LogP contribution < -0.4 is 5.32 Å². The highest BCUT2D eigenvalue weighted by atomic mass is 32.2. The molecule has 1 rings (SSSR count). The normalized spacial score (nSPS) is 12.2. The second kappa shape index (κ2) is 8.21. The number of hydrogen-bond donors (Lipinski definition) is 2. The van der Waals surface area contributed by atoms with Gasteiger partial charge in [-0.05, 0) is 24.1 Å². The zero-order chi connectivity index (χ0) is 15.0. The van der Waals surface area contributed by atoms with E-state index < -0.39 is 16.8 Å². The summed E-state index contributed by atoms with van der Waals surface area (Å²) in [4.78, 5) is 26.1. The van der Waals surface area contributed by atoms with Gasteiger partial charge < -0.3 is 10.4 Å². The minimum atomic E-state index is -1.06. The summed E-state index contributed by atoms with van der Waals surface area (Å²) in [6.07, 6.45) is 7.48. The smallest absolute Gasteiger partial charge is 0.328 e. The van der Waals surface area contributed by atoms with Crippen LogP contribution in [-0.2, 0) is 15.6 Å². The molecule has 0 aromatic carbocycles. The Labute approximate surface area is 119 Å². The Morgan fingerprint density at radius 2 is 2.20 bits per heavy atom. The number of pyridine rings is 1. The van der Waals surface area contributed by atoms with Crippen LogP contribution in [0.3, 0.4) is 0 Å². The number of aromatic nitrogens is 1. The molecule has 0 saturated carbocycles. The van der Waals surface area contributed by atoms with E-state index >= 15 is 0 Å². The fourth-order valence-electron chi connectivity index (χ4n) is 1.42. The SMILES string of the molecule is CS(=O)CCCNC(=O)c1cncc(/C=C/C(=O)O)c1. The van der Waals surface area contributed by atoms with Crippen LogP contribution in [-0.4, -0.2) is 44.7 Å². The van der Waals surface area contributed by atoms with Crippen LogP contribution in [0.5, 0.6) is 0 Å². The molecule has 0 aliphatic carbocycles. The highest BCUT2D eigenvalue weighted by Crippen LogP contribution is 2.05. The molecule has 0 bridgehead atoms. The molecular formula is C13H16N2O4S. The van der Waals surface area contributed by atoms with E-state index in [9.17, 15) is 13.8 Å². The Balaban J connectivity index is 2.57. The molecule has 6 nitrogen and oxygen atoms in total. The molecule has 20 heavy (non-hydrogen) atoms. The lowest BCUT2D eigenvalue weighted by Gasteiger charge is -2.04. The van der Waals surface area contributed by atoms with Gasteiger partial charge in [-0.2, -0.15) is 0 Å². The van der Waals surface area contributed by atoms with Gasteiger partial charge in [0.2, 0.25) is 0 Å². The number of carboxylic acid groups (broad SMARTS) is 1. The minimum Gasteiger partial charge on any atom is -0.478 e. The van der Waals surface area contributed by atoms with Gasteiger partial charge >= 0.3 is 5.97 Å². The first-order valence-electron chi connectivity index (χ1n) is 5.93. The van der Waals surface area contributed by atoms with Crippen molar-refractivity contribution < 1.29 is 18.9 Å². The molecule has 0 radical (unpaired) electrons. The second-order valence-corrected chi connectivity index (χ2v) is 5.62. The monoisotopic (exact) mass is 296 g/mol. The van der Waals surface area contributed by atoms with Gasteiger partial charge in [0.15, 0.2) is 0 Å². The summed E-state index contributed by atoms with van der Waals surface area (Å²) in [6.45, 7) is 0.438. The molecule has 0 saturated heterocycles. The van der Waals surface area contributed by atoms with Gasteiger partial charge in [-0.25, -0.2) is 4.79 Å².